The van der Waals surface area contributed by atoms with E-state index in [-0.39, 0.29) is 5.41 Å². The van der Waals surface area contributed by atoms with E-state index >= 15 is 0 Å². The van der Waals surface area contributed by atoms with Crippen LogP contribution >= 0.6 is 11.3 Å². The van der Waals surface area contributed by atoms with E-state index in [4.69, 9.17) is 4.98 Å². The smallest absolute Gasteiger partial charge is 0.145 e. The van der Waals surface area contributed by atoms with Crippen molar-refractivity contribution in [2.24, 2.45) is 0 Å². The lowest BCUT2D eigenvalue weighted by atomic mass is 9.66. The van der Waals surface area contributed by atoms with Gasteiger partial charge in [0, 0.05) is 32.2 Å². The molecule has 2 heterocycles. The first-order valence-electron chi connectivity index (χ1n) is 23.6. The molecule has 2 aliphatic rings. The molecule has 69 heavy (non-hydrogen) atoms. The molecule has 0 unspecified atom stereocenters. The first kappa shape index (κ1) is 41.8. The summed E-state index contributed by atoms with van der Waals surface area (Å²) < 4.78 is 3.57. The Morgan fingerprint density at radius 1 is 0.478 bits per heavy atom. The molecule has 0 radical (unpaired) electrons. The number of aromatic nitrogens is 2. The minimum absolute atomic E-state index is 0.386. The van der Waals surface area contributed by atoms with Gasteiger partial charge >= 0.3 is 0 Å². The summed E-state index contributed by atoms with van der Waals surface area (Å²) >= 11 is 1.84. The number of benzene rings is 9. The highest BCUT2D eigenvalue weighted by Gasteiger charge is 2.46. The van der Waals surface area contributed by atoms with Gasteiger partial charge in [-0.05, 0) is 129 Å². The lowest BCUT2D eigenvalue weighted by Gasteiger charge is -2.35. The first-order chi connectivity index (χ1) is 34.2. The maximum Gasteiger partial charge on any atom is 0.145 e. The Hall–Kier alpha value is -8.57. The van der Waals surface area contributed by atoms with Crippen molar-refractivity contribution in [1.82, 2.24) is 9.55 Å². The van der Waals surface area contributed by atoms with Crippen LogP contribution in [-0.2, 0) is 5.41 Å². The van der Waals surface area contributed by atoms with E-state index < -0.39 is 0 Å². The molecule has 13 rings (SSSR count). The molecule has 2 aromatic heterocycles. The lowest BCUT2D eigenvalue weighted by Crippen LogP contribution is -2.29. The molecule has 0 saturated heterocycles. The van der Waals surface area contributed by atoms with Gasteiger partial charge in [0.2, 0.25) is 0 Å². The fourth-order valence-electron chi connectivity index (χ4n) is 10.2. The molecule has 0 atom stereocenters. The summed E-state index contributed by atoms with van der Waals surface area (Å²) in [6.45, 7) is 0. The molecule has 0 bridgehead atoms. The number of anilines is 2. The van der Waals surface area contributed by atoms with Gasteiger partial charge in [0.05, 0.1) is 16.4 Å². The normalized spacial score (nSPS) is 13.4. The van der Waals surface area contributed by atoms with Gasteiger partial charge in [-0.2, -0.15) is 0 Å². The topological polar surface area (TPSA) is 29.9 Å². The van der Waals surface area contributed by atoms with Crippen LogP contribution < -0.4 is 5.32 Å². The van der Waals surface area contributed by atoms with E-state index in [0.717, 1.165) is 45.9 Å². The number of imidazole rings is 1. The van der Waals surface area contributed by atoms with Crippen LogP contribution in [0.1, 0.15) is 28.7 Å². The summed E-state index contributed by atoms with van der Waals surface area (Å²) in [4.78, 5) is 6.23. The highest BCUT2D eigenvalue weighted by atomic mass is 32.1. The number of hydrogen-bond donors (Lipinski definition) is 1. The molecule has 0 aliphatic heterocycles. The third-order valence-electron chi connectivity index (χ3n) is 13.4. The van der Waals surface area contributed by atoms with Crippen molar-refractivity contribution in [3.05, 3.63) is 295 Å². The monoisotopic (exact) mass is 901 g/mol. The molecule has 328 valence electrons. The van der Waals surface area contributed by atoms with Crippen LogP contribution in [0.5, 0.6) is 0 Å². The number of para-hydroxylation sites is 3. The number of hydrogen-bond acceptors (Lipinski definition) is 3. The first-order valence-corrected chi connectivity index (χ1v) is 24.4. The third kappa shape index (κ3) is 7.81. The number of nitrogens with zero attached hydrogens (tertiary/aromatic N) is 2. The van der Waals surface area contributed by atoms with Crippen molar-refractivity contribution in [2.75, 3.05) is 5.32 Å². The molecule has 4 heteroatoms. The standard InChI is InChI=1S/C38H29N.C27H18N2S/c1-5-13-30(14-6-1)38(31-15-7-2-8-16-31)36-20-12-4-11-19-34(36)35-26-23-29(27-37(35)38)28-21-24-33(25-22-28)39-32-17-9-3-10-18-32;1-2-8-20(9-3-1)27-28-23-11-5-6-12-24(23)29(27)22-16-14-19(15-17-22)26-18-21-10-4-7-13-25(21)30-26/h1-3,5-27,39H,4H2;1-18H. The Morgan fingerprint density at radius 3 is 1.80 bits per heavy atom. The summed E-state index contributed by atoms with van der Waals surface area (Å²) in [6.07, 6.45) is 10.2. The Labute approximate surface area is 407 Å². The van der Waals surface area contributed by atoms with Gasteiger partial charge in [0.25, 0.3) is 0 Å². The van der Waals surface area contributed by atoms with Gasteiger partial charge in [0.15, 0.2) is 0 Å². The molecule has 0 amide bonds. The van der Waals surface area contributed by atoms with Gasteiger partial charge in [-0.1, -0.05) is 200 Å². The molecule has 0 saturated carbocycles. The molecule has 9 aromatic carbocycles. The average molecular weight is 902 g/mol. The quantitative estimate of drug-likeness (QED) is 0.165. The third-order valence-corrected chi connectivity index (χ3v) is 14.5. The van der Waals surface area contributed by atoms with E-state index in [1.54, 1.807) is 0 Å². The van der Waals surface area contributed by atoms with Gasteiger partial charge in [-0.3, -0.25) is 4.57 Å². The molecular weight excluding hydrogens is 855 g/mol. The predicted molar refractivity (Wildman–Crippen MR) is 292 cm³/mol. The maximum absolute atomic E-state index is 4.93. The Bertz CT molecular complexity index is 3600. The van der Waals surface area contributed by atoms with Gasteiger partial charge in [-0.25, -0.2) is 4.98 Å². The van der Waals surface area contributed by atoms with Crippen molar-refractivity contribution in [1.29, 1.82) is 0 Å². The molecule has 3 nitrogen and oxygen atoms in total. The molecule has 0 spiro atoms. The average Bonchev–Trinajstić information content (AvgIpc) is 4.05. The number of rotatable bonds is 8. The fourth-order valence-corrected chi connectivity index (χ4v) is 11.2. The summed E-state index contributed by atoms with van der Waals surface area (Å²) in [5, 5.41) is 4.80. The molecule has 2 aliphatic carbocycles. The lowest BCUT2D eigenvalue weighted by molar-refractivity contribution is 0.761. The molecular formula is C65H47N3S. The van der Waals surface area contributed by atoms with E-state index in [0.29, 0.717) is 0 Å². The van der Waals surface area contributed by atoms with Crippen LogP contribution in [0.3, 0.4) is 0 Å². The van der Waals surface area contributed by atoms with Crippen LogP contribution in [0.25, 0.3) is 65.3 Å². The van der Waals surface area contributed by atoms with Crippen LogP contribution in [-0.4, -0.2) is 9.55 Å². The Morgan fingerprint density at radius 2 is 1.07 bits per heavy atom. The number of fused-ring (bicyclic) bond motifs is 4. The Balaban J connectivity index is 0.000000148. The SMILES string of the molecule is C1=CC2=C(C=CC1)C(c1ccccc1)(c1ccccc1)c1cc(-c3ccc(Nc4ccccc4)cc3)ccc12.c1ccc(-c2nc3ccccc3n2-c2ccc(-c3cc4ccccc4s3)cc2)cc1. The largest absolute Gasteiger partial charge is 0.356 e. The van der Waals surface area contributed by atoms with E-state index in [1.807, 2.05) is 41.7 Å². The number of thiophene rings is 1. The Kier molecular flexibility index (Phi) is 11.1. The van der Waals surface area contributed by atoms with Crippen molar-refractivity contribution in [3.63, 3.8) is 0 Å². The highest BCUT2D eigenvalue weighted by Crippen LogP contribution is 2.56. The van der Waals surface area contributed by atoms with Gasteiger partial charge in [-0.15, -0.1) is 11.3 Å². The molecule has 1 N–H and O–H groups in total. The van der Waals surface area contributed by atoms with Crippen molar-refractivity contribution >= 4 is 49.4 Å². The maximum atomic E-state index is 4.93. The van der Waals surface area contributed by atoms with E-state index in [1.165, 1.54) is 65.1 Å². The predicted octanol–water partition coefficient (Wildman–Crippen LogP) is 17.3. The summed E-state index contributed by atoms with van der Waals surface area (Å²) in [7, 11) is 0. The van der Waals surface area contributed by atoms with Gasteiger partial charge < -0.3 is 5.32 Å². The second-order valence-electron chi connectivity index (χ2n) is 17.5. The van der Waals surface area contributed by atoms with Crippen LogP contribution in [0.2, 0.25) is 0 Å². The number of allylic oxidation sites excluding steroid dienone is 6. The number of nitrogens with one attached hydrogen (secondary N) is 1. The van der Waals surface area contributed by atoms with Crippen molar-refractivity contribution < 1.29 is 0 Å². The summed E-state index contributed by atoms with van der Waals surface area (Å²) in [6, 6.07) is 86.4. The van der Waals surface area contributed by atoms with Crippen molar-refractivity contribution in [3.8, 4) is 38.6 Å². The summed E-state index contributed by atoms with van der Waals surface area (Å²) in [5.74, 6) is 0.964. The molecule has 0 fully saturated rings. The summed E-state index contributed by atoms with van der Waals surface area (Å²) in [5.41, 5.74) is 17.7. The highest BCUT2D eigenvalue weighted by molar-refractivity contribution is 7.22. The zero-order valence-electron chi connectivity index (χ0n) is 37.9. The second kappa shape index (κ2) is 18.3. The van der Waals surface area contributed by atoms with Crippen LogP contribution in [0.4, 0.5) is 11.4 Å². The van der Waals surface area contributed by atoms with Crippen LogP contribution in [0, 0.1) is 0 Å². The second-order valence-corrected chi connectivity index (χ2v) is 18.6. The zero-order valence-corrected chi connectivity index (χ0v) is 38.7. The molecule has 11 aromatic rings. The zero-order chi connectivity index (χ0) is 46.0. The minimum atomic E-state index is -0.386. The van der Waals surface area contributed by atoms with Gasteiger partial charge in [0.1, 0.15) is 5.82 Å². The fraction of sp³-hybridized carbons (Fsp3) is 0.0308. The van der Waals surface area contributed by atoms with Crippen LogP contribution in [0.15, 0.2) is 273 Å². The van der Waals surface area contributed by atoms with E-state index in [2.05, 4.69) is 247 Å². The van der Waals surface area contributed by atoms with E-state index in [9.17, 15) is 0 Å². The van der Waals surface area contributed by atoms with Crippen molar-refractivity contribution in [2.45, 2.75) is 11.8 Å². The minimum Gasteiger partial charge on any atom is -0.356 e.